The highest BCUT2D eigenvalue weighted by atomic mass is 14.7. The lowest BCUT2D eigenvalue weighted by molar-refractivity contribution is 1.34. The van der Waals surface area contributed by atoms with Crippen molar-refractivity contribution in [2.24, 2.45) is 0 Å². The first kappa shape index (κ1) is 30.6. The van der Waals surface area contributed by atoms with E-state index >= 15 is 0 Å². The zero-order valence-corrected chi connectivity index (χ0v) is 17.9. The van der Waals surface area contributed by atoms with E-state index in [9.17, 15) is 0 Å². The van der Waals surface area contributed by atoms with Gasteiger partial charge in [-0.3, -0.25) is 0 Å². The van der Waals surface area contributed by atoms with E-state index in [0.29, 0.717) is 0 Å². The normalized spacial score (nSPS) is 8.32. The number of hydrogen-bond donors (Lipinski definition) is 1. The molecule has 0 aliphatic rings. The van der Waals surface area contributed by atoms with Crippen molar-refractivity contribution < 1.29 is 0 Å². The molecule has 142 valence electrons. The third-order valence-electron chi connectivity index (χ3n) is 2.35. The topological polar surface area (TPSA) is 15.8 Å². The lowest BCUT2D eigenvalue weighted by Gasteiger charge is -1.94. The minimum Gasteiger partial charge on any atom is -0.355 e. The quantitative estimate of drug-likeness (QED) is 0.496. The van der Waals surface area contributed by atoms with Gasteiger partial charge in [0.25, 0.3) is 0 Å². The van der Waals surface area contributed by atoms with Crippen LogP contribution in [0.3, 0.4) is 0 Å². The van der Waals surface area contributed by atoms with Gasteiger partial charge in [0.1, 0.15) is 0 Å². The van der Waals surface area contributed by atoms with Gasteiger partial charge in [-0.05, 0) is 12.2 Å². The number of aromatic nitrogens is 1. The van der Waals surface area contributed by atoms with Crippen molar-refractivity contribution in [3.63, 3.8) is 0 Å². The predicted octanol–water partition coefficient (Wildman–Crippen LogP) is 8.80. The van der Waals surface area contributed by atoms with Gasteiger partial charge in [-0.15, -0.1) is 0 Å². The highest BCUT2D eigenvalue weighted by Crippen LogP contribution is 2.24. The summed E-state index contributed by atoms with van der Waals surface area (Å²) < 4.78 is 0. The smallest absolute Gasteiger partial charge is 0.0464 e. The second kappa shape index (κ2) is 26.6. The number of H-pyrrole nitrogens is 1. The predicted molar refractivity (Wildman–Crippen MR) is 125 cm³/mol. The summed E-state index contributed by atoms with van der Waals surface area (Å²) in [6.45, 7) is 31.0. The standard InChI is InChI=1S/C16H17N.4C2H6/c1-5-9-11-14-13(7-3)16(12-10-6-2)17-15(14)8-4;4*1-2/h5-12,17H,1-4H2;4*1-2H3/b11-9-,12-10-;;;;. The van der Waals surface area contributed by atoms with E-state index in [2.05, 4.69) is 31.3 Å². The average Bonchev–Trinajstić information content (AvgIpc) is 3.07. The van der Waals surface area contributed by atoms with Gasteiger partial charge in [0.05, 0.1) is 0 Å². The fourth-order valence-electron chi connectivity index (χ4n) is 1.59. The Morgan fingerprint density at radius 3 is 1.36 bits per heavy atom. The van der Waals surface area contributed by atoms with Crippen LogP contribution < -0.4 is 0 Å². The monoisotopic (exact) mass is 343 g/mol. The van der Waals surface area contributed by atoms with Crippen molar-refractivity contribution in [1.82, 2.24) is 4.98 Å². The molecule has 0 atom stereocenters. The zero-order valence-electron chi connectivity index (χ0n) is 17.9. The Morgan fingerprint density at radius 2 is 1.00 bits per heavy atom. The highest BCUT2D eigenvalue weighted by Gasteiger charge is 2.08. The van der Waals surface area contributed by atoms with Crippen molar-refractivity contribution in [3.8, 4) is 0 Å². The Morgan fingerprint density at radius 1 is 0.560 bits per heavy atom. The first-order valence-electron chi connectivity index (χ1n) is 9.37. The third-order valence-corrected chi connectivity index (χ3v) is 2.35. The molecule has 0 amide bonds. The van der Waals surface area contributed by atoms with Crippen LogP contribution >= 0.6 is 0 Å². The summed E-state index contributed by atoms with van der Waals surface area (Å²) in [7, 11) is 0. The molecule has 0 aliphatic heterocycles. The van der Waals surface area contributed by atoms with Crippen LogP contribution in [0.4, 0.5) is 0 Å². The third kappa shape index (κ3) is 12.8. The first-order valence-corrected chi connectivity index (χ1v) is 9.37. The number of rotatable bonds is 6. The van der Waals surface area contributed by atoms with Crippen molar-refractivity contribution >= 4 is 24.3 Å². The van der Waals surface area contributed by atoms with Gasteiger partial charge in [-0.1, -0.05) is 118 Å². The summed E-state index contributed by atoms with van der Waals surface area (Å²) in [5.41, 5.74) is 4.09. The van der Waals surface area contributed by atoms with Crippen molar-refractivity contribution in [2.75, 3.05) is 0 Å². The molecule has 0 radical (unpaired) electrons. The molecular formula is C24H41N. The molecule has 1 heteroatoms. The van der Waals surface area contributed by atoms with E-state index < -0.39 is 0 Å². The Balaban J connectivity index is -0.000000241. The summed E-state index contributed by atoms with van der Waals surface area (Å²) >= 11 is 0. The lowest BCUT2D eigenvalue weighted by atomic mass is 10.1. The molecule has 25 heavy (non-hydrogen) atoms. The van der Waals surface area contributed by atoms with Crippen LogP contribution in [0.15, 0.2) is 50.6 Å². The summed E-state index contributed by atoms with van der Waals surface area (Å²) in [6.07, 6.45) is 14.8. The zero-order chi connectivity index (χ0) is 20.7. The minimum atomic E-state index is 0.974. The molecule has 0 aliphatic carbocycles. The van der Waals surface area contributed by atoms with Crippen molar-refractivity contribution in [3.05, 3.63) is 73.1 Å². The van der Waals surface area contributed by atoms with Gasteiger partial charge in [0, 0.05) is 22.5 Å². The molecule has 1 N–H and O–H groups in total. The van der Waals surface area contributed by atoms with E-state index in [4.69, 9.17) is 0 Å². The molecule has 0 saturated carbocycles. The van der Waals surface area contributed by atoms with E-state index in [1.54, 1.807) is 18.2 Å². The SMILES string of the molecule is C=C/C=C\c1[nH]c(C=C)c(/C=C\C=C)c1C=C.CC.CC.CC.CC. The molecule has 0 spiro atoms. The molecule has 0 aromatic carbocycles. The maximum Gasteiger partial charge on any atom is 0.0464 e. The highest BCUT2D eigenvalue weighted by molar-refractivity contribution is 5.78. The molecule has 0 saturated heterocycles. The minimum absolute atomic E-state index is 0.974. The number of aromatic amines is 1. The molecule has 1 rings (SSSR count). The molecule has 0 bridgehead atoms. The molecule has 1 aromatic rings. The van der Waals surface area contributed by atoms with E-state index in [1.807, 2.05) is 85.8 Å². The maximum atomic E-state index is 3.84. The lowest BCUT2D eigenvalue weighted by Crippen LogP contribution is -1.77. The first-order chi connectivity index (χ1) is 12.3. The summed E-state index contributed by atoms with van der Waals surface area (Å²) in [6, 6.07) is 0. The van der Waals surface area contributed by atoms with E-state index in [-0.39, 0.29) is 0 Å². The van der Waals surface area contributed by atoms with Gasteiger partial charge < -0.3 is 4.98 Å². The van der Waals surface area contributed by atoms with Crippen LogP contribution in [0.25, 0.3) is 24.3 Å². The molecule has 0 fully saturated rings. The Kier molecular flexibility index (Phi) is 32.6. The molecular weight excluding hydrogens is 302 g/mol. The van der Waals surface area contributed by atoms with Gasteiger partial charge in [0.15, 0.2) is 0 Å². The number of allylic oxidation sites excluding steroid dienone is 4. The molecule has 1 nitrogen and oxygen atoms in total. The van der Waals surface area contributed by atoms with Gasteiger partial charge >= 0.3 is 0 Å². The van der Waals surface area contributed by atoms with Crippen LogP contribution in [-0.2, 0) is 0 Å². The fourth-order valence-corrected chi connectivity index (χ4v) is 1.59. The Labute approximate surface area is 158 Å². The second-order valence-electron chi connectivity index (χ2n) is 3.38. The van der Waals surface area contributed by atoms with E-state index in [1.165, 1.54) is 0 Å². The number of hydrogen-bond acceptors (Lipinski definition) is 0. The largest absolute Gasteiger partial charge is 0.355 e. The van der Waals surface area contributed by atoms with Gasteiger partial charge in [-0.25, -0.2) is 0 Å². The molecule has 0 unspecified atom stereocenters. The van der Waals surface area contributed by atoms with E-state index in [0.717, 1.165) is 22.5 Å². The van der Waals surface area contributed by atoms with Gasteiger partial charge in [0.2, 0.25) is 0 Å². The van der Waals surface area contributed by atoms with Gasteiger partial charge in [-0.2, -0.15) is 0 Å². The van der Waals surface area contributed by atoms with Crippen LogP contribution in [0, 0.1) is 0 Å². The van der Waals surface area contributed by atoms with Crippen LogP contribution in [-0.4, -0.2) is 4.98 Å². The average molecular weight is 344 g/mol. The van der Waals surface area contributed by atoms with Crippen LogP contribution in [0.5, 0.6) is 0 Å². The number of nitrogens with one attached hydrogen (secondary N) is 1. The Bertz CT molecular complexity index is 496. The summed E-state index contributed by atoms with van der Waals surface area (Å²) in [4.78, 5) is 3.29. The van der Waals surface area contributed by atoms with Crippen molar-refractivity contribution in [1.29, 1.82) is 0 Å². The maximum absolute atomic E-state index is 3.84. The van der Waals surface area contributed by atoms with Crippen molar-refractivity contribution in [2.45, 2.75) is 55.4 Å². The Hall–Kier alpha value is -2.28. The molecule has 1 aromatic heterocycles. The van der Waals surface area contributed by atoms with Crippen LogP contribution in [0.1, 0.15) is 77.9 Å². The molecule has 1 heterocycles. The second-order valence-corrected chi connectivity index (χ2v) is 3.38. The fraction of sp³-hybridized carbons (Fsp3) is 0.333. The summed E-state index contributed by atoms with van der Waals surface area (Å²) in [5, 5.41) is 0. The van der Waals surface area contributed by atoms with Crippen LogP contribution in [0.2, 0.25) is 0 Å². The summed E-state index contributed by atoms with van der Waals surface area (Å²) in [5.74, 6) is 0.